The maximum atomic E-state index is 11.3. The van der Waals surface area contributed by atoms with Gasteiger partial charge in [0.15, 0.2) is 0 Å². The van der Waals surface area contributed by atoms with E-state index in [0.717, 1.165) is 0 Å². The van der Waals surface area contributed by atoms with Crippen molar-refractivity contribution in [1.29, 1.82) is 0 Å². The van der Waals surface area contributed by atoms with E-state index in [0.29, 0.717) is 12.6 Å². The summed E-state index contributed by atoms with van der Waals surface area (Å²) < 4.78 is 0. The van der Waals surface area contributed by atoms with Gasteiger partial charge >= 0.3 is 0 Å². The van der Waals surface area contributed by atoms with Gasteiger partial charge < -0.3 is 10.2 Å². The summed E-state index contributed by atoms with van der Waals surface area (Å²) in [6, 6.07) is 0.450. The molecule has 90 valence electrons. The predicted octanol–water partition coefficient (Wildman–Crippen LogP) is 2.02. The van der Waals surface area contributed by atoms with Gasteiger partial charge in [-0.15, -0.1) is 0 Å². The Hall–Kier alpha value is -0.570. The smallest absolute Gasteiger partial charge is 0.236 e. The van der Waals surface area contributed by atoms with Crippen LogP contribution in [0.25, 0.3) is 0 Å². The Morgan fingerprint density at radius 3 is 2.47 bits per heavy atom. The molecule has 0 saturated heterocycles. The van der Waals surface area contributed by atoms with Gasteiger partial charge in [0.25, 0.3) is 0 Å². The SMILES string of the molecule is CCCCCCC(C)NCC(=O)N(C)C. The number of amides is 1. The van der Waals surface area contributed by atoms with Crippen molar-refractivity contribution >= 4 is 5.91 Å². The van der Waals surface area contributed by atoms with Crippen LogP contribution >= 0.6 is 0 Å². The maximum Gasteiger partial charge on any atom is 0.236 e. The molecule has 1 unspecified atom stereocenters. The molecule has 1 amide bonds. The molecule has 15 heavy (non-hydrogen) atoms. The number of rotatable bonds is 8. The van der Waals surface area contributed by atoms with E-state index in [1.54, 1.807) is 19.0 Å². The molecule has 3 heteroatoms. The van der Waals surface area contributed by atoms with Gasteiger partial charge in [-0.1, -0.05) is 32.6 Å². The number of carbonyl (C=O) groups excluding carboxylic acids is 1. The Labute approximate surface area is 94.2 Å². The molecule has 0 aliphatic heterocycles. The van der Waals surface area contributed by atoms with Gasteiger partial charge in [-0.25, -0.2) is 0 Å². The summed E-state index contributed by atoms with van der Waals surface area (Å²) in [6.07, 6.45) is 6.34. The summed E-state index contributed by atoms with van der Waals surface area (Å²) in [6.45, 7) is 4.83. The first kappa shape index (κ1) is 14.4. The highest BCUT2D eigenvalue weighted by molar-refractivity contribution is 5.77. The molecule has 1 atom stereocenters. The molecule has 3 nitrogen and oxygen atoms in total. The Bertz CT molecular complexity index is 169. The topological polar surface area (TPSA) is 32.3 Å². The van der Waals surface area contributed by atoms with Crippen molar-refractivity contribution in [2.75, 3.05) is 20.6 Å². The Morgan fingerprint density at radius 2 is 1.93 bits per heavy atom. The number of hydrogen-bond acceptors (Lipinski definition) is 2. The van der Waals surface area contributed by atoms with Gasteiger partial charge in [-0.05, 0) is 13.3 Å². The molecule has 0 aromatic carbocycles. The molecule has 1 N–H and O–H groups in total. The number of carbonyl (C=O) groups is 1. The number of nitrogens with zero attached hydrogens (tertiary/aromatic N) is 1. The summed E-state index contributed by atoms with van der Waals surface area (Å²) in [5.41, 5.74) is 0. The van der Waals surface area contributed by atoms with Crippen molar-refractivity contribution in [2.24, 2.45) is 0 Å². The van der Waals surface area contributed by atoms with Gasteiger partial charge in [0.05, 0.1) is 6.54 Å². The number of unbranched alkanes of at least 4 members (excludes halogenated alkanes) is 3. The van der Waals surface area contributed by atoms with Gasteiger partial charge in [-0.3, -0.25) is 4.79 Å². The van der Waals surface area contributed by atoms with E-state index >= 15 is 0 Å². The zero-order valence-corrected chi connectivity index (χ0v) is 10.7. The predicted molar refractivity (Wildman–Crippen MR) is 64.9 cm³/mol. The molecule has 0 fully saturated rings. The van der Waals surface area contributed by atoms with E-state index < -0.39 is 0 Å². The quantitative estimate of drug-likeness (QED) is 0.627. The largest absolute Gasteiger partial charge is 0.348 e. The molecular formula is C12H26N2O. The minimum absolute atomic E-state index is 0.149. The fraction of sp³-hybridized carbons (Fsp3) is 0.917. The van der Waals surface area contributed by atoms with Crippen LogP contribution < -0.4 is 5.32 Å². The zero-order chi connectivity index (χ0) is 11.7. The second-order valence-electron chi connectivity index (χ2n) is 4.42. The molecule has 0 aliphatic rings. The third-order valence-electron chi connectivity index (χ3n) is 2.59. The fourth-order valence-electron chi connectivity index (χ4n) is 1.40. The second-order valence-corrected chi connectivity index (χ2v) is 4.42. The van der Waals surface area contributed by atoms with Crippen LogP contribution in [0.2, 0.25) is 0 Å². The first-order valence-electron chi connectivity index (χ1n) is 6.01. The van der Waals surface area contributed by atoms with E-state index in [2.05, 4.69) is 19.2 Å². The van der Waals surface area contributed by atoms with Crippen molar-refractivity contribution in [3.63, 3.8) is 0 Å². The summed E-state index contributed by atoms with van der Waals surface area (Å²) in [4.78, 5) is 12.9. The highest BCUT2D eigenvalue weighted by Crippen LogP contribution is 2.04. The Balaban J connectivity index is 3.40. The van der Waals surface area contributed by atoms with Crippen LogP contribution in [0.5, 0.6) is 0 Å². The van der Waals surface area contributed by atoms with Gasteiger partial charge in [-0.2, -0.15) is 0 Å². The van der Waals surface area contributed by atoms with Crippen LogP contribution in [0.1, 0.15) is 46.0 Å². The average Bonchev–Trinajstić information content (AvgIpc) is 2.20. The van der Waals surface area contributed by atoms with Crippen LogP contribution in [0.15, 0.2) is 0 Å². The van der Waals surface area contributed by atoms with Crippen LogP contribution in [-0.4, -0.2) is 37.5 Å². The van der Waals surface area contributed by atoms with Gasteiger partial charge in [0.1, 0.15) is 0 Å². The van der Waals surface area contributed by atoms with E-state index in [4.69, 9.17) is 0 Å². The van der Waals surface area contributed by atoms with Crippen LogP contribution in [0, 0.1) is 0 Å². The van der Waals surface area contributed by atoms with Crippen molar-refractivity contribution in [3.05, 3.63) is 0 Å². The lowest BCUT2D eigenvalue weighted by atomic mass is 10.1. The lowest BCUT2D eigenvalue weighted by molar-refractivity contribution is -0.127. The van der Waals surface area contributed by atoms with Crippen LogP contribution in [-0.2, 0) is 4.79 Å². The van der Waals surface area contributed by atoms with Crippen molar-refractivity contribution < 1.29 is 4.79 Å². The normalized spacial score (nSPS) is 12.5. The first-order valence-corrected chi connectivity index (χ1v) is 6.01. The molecule has 0 bridgehead atoms. The summed E-state index contributed by atoms with van der Waals surface area (Å²) in [5, 5.41) is 3.25. The molecule has 0 spiro atoms. The summed E-state index contributed by atoms with van der Waals surface area (Å²) in [7, 11) is 3.58. The third kappa shape index (κ3) is 8.43. The second kappa shape index (κ2) is 8.72. The van der Waals surface area contributed by atoms with Gasteiger partial charge in [0, 0.05) is 20.1 Å². The number of hydrogen-bond donors (Lipinski definition) is 1. The number of likely N-dealkylation sites (N-methyl/N-ethyl adjacent to an activating group) is 1. The van der Waals surface area contributed by atoms with Crippen LogP contribution in [0.4, 0.5) is 0 Å². The zero-order valence-electron chi connectivity index (χ0n) is 10.7. The van der Waals surface area contributed by atoms with Gasteiger partial charge in [0.2, 0.25) is 5.91 Å². The standard InChI is InChI=1S/C12H26N2O/c1-5-6-7-8-9-11(2)13-10-12(15)14(3)4/h11,13H,5-10H2,1-4H3. The minimum atomic E-state index is 0.149. The highest BCUT2D eigenvalue weighted by Gasteiger charge is 2.06. The molecule has 0 heterocycles. The molecule has 0 aromatic heterocycles. The Kier molecular flexibility index (Phi) is 8.38. The van der Waals surface area contributed by atoms with E-state index in [9.17, 15) is 4.79 Å². The summed E-state index contributed by atoms with van der Waals surface area (Å²) >= 11 is 0. The minimum Gasteiger partial charge on any atom is -0.348 e. The molecular weight excluding hydrogens is 188 g/mol. The summed E-state index contributed by atoms with van der Waals surface area (Å²) in [5.74, 6) is 0.149. The fourth-order valence-corrected chi connectivity index (χ4v) is 1.40. The highest BCUT2D eigenvalue weighted by atomic mass is 16.2. The first-order chi connectivity index (χ1) is 7.07. The molecule has 0 radical (unpaired) electrons. The van der Waals surface area contributed by atoms with Crippen LogP contribution in [0.3, 0.4) is 0 Å². The molecule has 0 aliphatic carbocycles. The maximum absolute atomic E-state index is 11.3. The lowest BCUT2D eigenvalue weighted by Crippen LogP contribution is -2.37. The number of nitrogens with one attached hydrogen (secondary N) is 1. The molecule has 0 rings (SSSR count). The third-order valence-corrected chi connectivity index (χ3v) is 2.59. The molecule has 0 aromatic rings. The Morgan fingerprint density at radius 1 is 1.27 bits per heavy atom. The molecule has 0 saturated carbocycles. The van der Waals surface area contributed by atoms with Crippen molar-refractivity contribution in [3.8, 4) is 0 Å². The monoisotopic (exact) mass is 214 g/mol. The van der Waals surface area contributed by atoms with E-state index in [-0.39, 0.29) is 5.91 Å². The lowest BCUT2D eigenvalue weighted by Gasteiger charge is -2.15. The van der Waals surface area contributed by atoms with Crippen molar-refractivity contribution in [2.45, 2.75) is 52.0 Å². The average molecular weight is 214 g/mol. The van der Waals surface area contributed by atoms with Crippen molar-refractivity contribution in [1.82, 2.24) is 10.2 Å². The van der Waals surface area contributed by atoms with E-state index in [1.807, 2.05) is 0 Å². The van der Waals surface area contributed by atoms with E-state index in [1.165, 1.54) is 32.1 Å².